The molecule has 2 heterocycles. The Hall–Kier alpha value is -3.19. The van der Waals surface area contributed by atoms with Crippen LogP contribution in [0.5, 0.6) is 0 Å². The van der Waals surface area contributed by atoms with E-state index >= 15 is 0 Å². The lowest BCUT2D eigenvalue weighted by Crippen LogP contribution is -2.50. The number of rotatable bonds is 3. The Morgan fingerprint density at radius 1 is 1.15 bits per heavy atom. The summed E-state index contributed by atoms with van der Waals surface area (Å²) in [4.78, 5) is 25.8. The maximum atomic E-state index is 12.8. The zero-order valence-corrected chi connectivity index (χ0v) is 13.9. The second-order valence-corrected chi connectivity index (χ2v) is 6.12. The Balaban J connectivity index is 1.67. The predicted octanol–water partition coefficient (Wildman–Crippen LogP) is 1.82. The summed E-state index contributed by atoms with van der Waals surface area (Å²) >= 11 is 0. The number of fused-ring (bicyclic) bond motifs is 1. The molecule has 0 spiro atoms. The second kappa shape index (κ2) is 6.61. The van der Waals surface area contributed by atoms with E-state index in [2.05, 4.69) is 5.16 Å². The highest BCUT2D eigenvalue weighted by Crippen LogP contribution is 2.29. The molecule has 7 heteroatoms. The number of hydrogen-bond donors (Lipinski definition) is 1. The molecule has 1 fully saturated rings. The quantitative estimate of drug-likeness (QED) is 0.776. The number of ether oxygens (including phenoxy) is 1. The maximum absolute atomic E-state index is 12.8. The van der Waals surface area contributed by atoms with Gasteiger partial charge in [-0.15, -0.1) is 0 Å². The zero-order chi connectivity index (χ0) is 18.1. The standard InChI is InChI=1S/C19H17N3O4/c20-18(23)16-11-22(8-9-25-16)19(24)13-6-7-15-14(10-13)17(26-21-15)12-4-2-1-3-5-12/h1-7,10,16H,8-9,11H2,(H2,20,23). The number of hydrogen-bond acceptors (Lipinski definition) is 5. The molecule has 0 saturated carbocycles. The number of morpholine rings is 1. The first kappa shape index (κ1) is 16.3. The molecule has 1 unspecified atom stereocenters. The van der Waals surface area contributed by atoms with Crippen LogP contribution in [-0.4, -0.2) is 47.7 Å². The van der Waals surface area contributed by atoms with Crippen molar-refractivity contribution in [3.63, 3.8) is 0 Å². The van der Waals surface area contributed by atoms with Crippen LogP contribution in [0.25, 0.3) is 22.2 Å². The Morgan fingerprint density at radius 2 is 1.96 bits per heavy atom. The number of carbonyl (C=O) groups excluding carboxylic acids is 2. The molecule has 4 rings (SSSR count). The molecule has 2 N–H and O–H groups in total. The van der Waals surface area contributed by atoms with Gasteiger partial charge in [0.1, 0.15) is 5.52 Å². The Bertz CT molecular complexity index is 967. The minimum absolute atomic E-state index is 0.154. The van der Waals surface area contributed by atoms with Crippen LogP contribution in [0.3, 0.4) is 0 Å². The fourth-order valence-corrected chi connectivity index (χ4v) is 3.06. The molecule has 1 aromatic heterocycles. The van der Waals surface area contributed by atoms with Crippen LogP contribution in [0.1, 0.15) is 10.4 Å². The number of amides is 2. The zero-order valence-electron chi connectivity index (χ0n) is 13.9. The van der Waals surface area contributed by atoms with Crippen molar-refractivity contribution >= 4 is 22.7 Å². The van der Waals surface area contributed by atoms with Crippen molar-refractivity contribution in [2.24, 2.45) is 5.73 Å². The van der Waals surface area contributed by atoms with Crippen molar-refractivity contribution in [3.8, 4) is 11.3 Å². The number of nitrogens with zero attached hydrogens (tertiary/aromatic N) is 2. The van der Waals surface area contributed by atoms with Gasteiger partial charge in [0.25, 0.3) is 5.91 Å². The summed E-state index contributed by atoms with van der Waals surface area (Å²) in [5.74, 6) is -0.128. The third-order valence-corrected chi connectivity index (χ3v) is 4.43. The Kier molecular flexibility index (Phi) is 4.14. The molecule has 7 nitrogen and oxygen atoms in total. The lowest BCUT2D eigenvalue weighted by atomic mass is 10.1. The molecule has 0 aliphatic carbocycles. The van der Waals surface area contributed by atoms with Crippen LogP contribution < -0.4 is 5.73 Å². The number of nitrogens with two attached hydrogens (primary N) is 1. The normalized spacial score (nSPS) is 17.4. The van der Waals surface area contributed by atoms with Gasteiger partial charge in [-0.05, 0) is 18.2 Å². The maximum Gasteiger partial charge on any atom is 0.254 e. The third-order valence-electron chi connectivity index (χ3n) is 4.43. The number of aromatic nitrogens is 1. The lowest BCUT2D eigenvalue weighted by Gasteiger charge is -2.31. The number of primary amides is 1. The van der Waals surface area contributed by atoms with Gasteiger partial charge < -0.3 is 19.9 Å². The molecular weight excluding hydrogens is 334 g/mol. The van der Waals surface area contributed by atoms with Crippen LogP contribution in [0.2, 0.25) is 0 Å². The topological polar surface area (TPSA) is 98.7 Å². The Labute approximate surface area is 149 Å². The van der Waals surface area contributed by atoms with Crippen molar-refractivity contribution in [1.82, 2.24) is 10.1 Å². The molecule has 1 aliphatic rings. The molecule has 2 amide bonds. The summed E-state index contributed by atoms with van der Waals surface area (Å²) in [6.45, 7) is 0.849. The second-order valence-electron chi connectivity index (χ2n) is 6.12. The van der Waals surface area contributed by atoms with Crippen molar-refractivity contribution in [1.29, 1.82) is 0 Å². The van der Waals surface area contributed by atoms with Crippen molar-refractivity contribution in [3.05, 3.63) is 54.1 Å². The molecule has 1 atom stereocenters. The van der Waals surface area contributed by atoms with E-state index in [9.17, 15) is 9.59 Å². The average molecular weight is 351 g/mol. The molecule has 2 aromatic carbocycles. The molecule has 3 aromatic rings. The minimum atomic E-state index is -0.771. The molecule has 132 valence electrons. The van der Waals surface area contributed by atoms with E-state index in [0.717, 1.165) is 10.9 Å². The fraction of sp³-hybridized carbons (Fsp3) is 0.211. The summed E-state index contributed by atoms with van der Waals surface area (Å²) < 4.78 is 10.8. The van der Waals surface area contributed by atoms with Gasteiger partial charge in [0.05, 0.1) is 18.5 Å². The summed E-state index contributed by atoms with van der Waals surface area (Å²) in [6.07, 6.45) is -0.771. The largest absolute Gasteiger partial charge is 0.367 e. The highest BCUT2D eigenvalue weighted by atomic mass is 16.5. The van der Waals surface area contributed by atoms with Gasteiger partial charge in [-0.3, -0.25) is 9.59 Å². The fourth-order valence-electron chi connectivity index (χ4n) is 3.06. The first-order valence-corrected chi connectivity index (χ1v) is 8.28. The van der Waals surface area contributed by atoms with Gasteiger partial charge in [-0.2, -0.15) is 0 Å². The smallest absolute Gasteiger partial charge is 0.254 e. The summed E-state index contributed by atoms with van der Waals surface area (Å²) in [6, 6.07) is 14.8. The van der Waals surface area contributed by atoms with Crippen LogP contribution >= 0.6 is 0 Å². The molecule has 1 saturated heterocycles. The van der Waals surface area contributed by atoms with E-state index in [-0.39, 0.29) is 19.1 Å². The van der Waals surface area contributed by atoms with E-state index in [0.29, 0.717) is 23.4 Å². The van der Waals surface area contributed by atoms with E-state index in [1.807, 2.05) is 30.3 Å². The van der Waals surface area contributed by atoms with E-state index < -0.39 is 12.0 Å². The van der Waals surface area contributed by atoms with E-state index in [4.69, 9.17) is 15.0 Å². The van der Waals surface area contributed by atoms with Crippen molar-refractivity contribution in [2.75, 3.05) is 19.7 Å². The first-order chi connectivity index (χ1) is 12.6. The van der Waals surface area contributed by atoms with Gasteiger partial charge in [0.2, 0.25) is 5.91 Å². The monoisotopic (exact) mass is 351 g/mol. The minimum Gasteiger partial charge on any atom is -0.367 e. The lowest BCUT2D eigenvalue weighted by molar-refractivity contribution is -0.133. The summed E-state index contributed by atoms with van der Waals surface area (Å²) in [5, 5.41) is 4.83. The summed E-state index contributed by atoms with van der Waals surface area (Å²) in [5.41, 5.74) is 7.36. The Morgan fingerprint density at radius 3 is 2.73 bits per heavy atom. The van der Waals surface area contributed by atoms with Gasteiger partial charge >= 0.3 is 0 Å². The SMILES string of the molecule is NC(=O)C1CN(C(=O)c2ccc3noc(-c4ccccc4)c3c2)CCO1. The highest BCUT2D eigenvalue weighted by Gasteiger charge is 2.28. The predicted molar refractivity (Wildman–Crippen MR) is 94.3 cm³/mol. The van der Waals surface area contributed by atoms with Gasteiger partial charge in [0.15, 0.2) is 11.9 Å². The van der Waals surface area contributed by atoms with Crippen LogP contribution in [0, 0.1) is 0 Å². The molecule has 26 heavy (non-hydrogen) atoms. The summed E-state index contributed by atoms with van der Waals surface area (Å²) in [7, 11) is 0. The molecular formula is C19H17N3O4. The van der Waals surface area contributed by atoms with Crippen LogP contribution in [0.15, 0.2) is 53.1 Å². The molecule has 0 bridgehead atoms. The average Bonchev–Trinajstić information content (AvgIpc) is 3.11. The number of benzene rings is 2. The van der Waals surface area contributed by atoms with Crippen LogP contribution in [-0.2, 0) is 9.53 Å². The van der Waals surface area contributed by atoms with Gasteiger partial charge in [-0.25, -0.2) is 0 Å². The van der Waals surface area contributed by atoms with Gasteiger partial charge in [-0.1, -0.05) is 35.5 Å². The third kappa shape index (κ3) is 2.93. The molecule has 0 radical (unpaired) electrons. The first-order valence-electron chi connectivity index (χ1n) is 8.28. The highest BCUT2D eigenvalue weighted by molar-refractivity contribution is 6.01. The van der Waals surface area contributed by atoms with Gasteiger partial charge in [0, 0.05) is 17.7 Å². The van der Waals surface area contributed by atoms with E-state index in [1.165, 1.54) is 0 Å². The van der Waals surface area contributed by atoms with E-state index in [1.54, 1.807) is 23.1 Å². The van der Waals surface area contributed by atoms with Crippen LogP contribution in [0.4, 0.5) is 0 Å². The van der Waals surface area contributed by atoms with Crippen molar-refractivity contribution in [2.45, 2.75) is 6.10 Å². The number of carbonyl (C=O) groups is 2. The van der Waals surface area contributed by atoms with Crippen molar-refractivity contribution < 1.29 is 18.8 Å². The molecule has 1 aliphatic heterocycles.